The molecule has 1 aromatic carbocycles. The van der Waals surface area contributed by atoms with Crippen molar-refractivity contribution >= 4 is 11.8 Å². The Morgan fingerprint density at radius 1 is 1.53 bits per heavy atom. The number of Topliss-reactive ketones (excluding diaryl/α,β-unsaturated/α-hetero) is 1. The van der Waals surface area contributed by atoms with Crippen molar-refractivity contribution in [3.05, 3.63) is 34.9 Å². The Hall–Kier alpha value is -1.68. The lowest BCUT2D eigenvalue weighted by molar-refractivity contribution is -0.156. The summed E-state index contributed by atoms with van der Waals surface area (Å²) in [6, 6.07) is 5.35. The van der Waals surface area contributed by atoms with E-state index in [4.69, 9.17) is 0 Å². The number of carbonyl (C=O) groups excluding carboxylic acids is 2. The van der Waals surface area contributed by atoms with Gasteiger partial charge >= 0.3 is 5.97 Å². The number of ether oxygens (including phenoxy) is 1. The second kappa shape index (κ2) is 3.96. The van der Waals surface area contributed by atoms with Crippen LogP contribution in [0.5, 0.6) is 0 Å². The van der Waals surface area contributed by atoms with Crippen LogP contribution in [0.15, 0.2) is 18.2 Å². The lowest BCUT2D eigenvalue weighted by Gasteiger charge is -2.16. The van der Waals surface area contributed by atoms with E-state index in [1.54, 1.807) is 6.07 Å². The molecule has 0 aromatic heterocycles. The summed E-state index contributed by atoms with van der Waals surface area (Å²) in [4.78, 5) is 23.4. The fraction of sp³-hybridized carbons (Fsp3) is 0.385. The number of aryl methyl sites for hydroxylation is 1. The molecule has 0 bridgehead atoms. The minimum Gasteiger partial charge on any atom is -0.467 e. The first-order chi connectivity index (χ1) is 8.02. The SMILES string of the molecule is CCc1ccc2c(c1)CC(O)(C(=O)OC)C2=O. The minimum absolute atomic E-state index is 0.00167. The van der Waals surface area contributed by atoms with Crippen LogP contribution >= 0.6 is 0 Å². The zero-order valence-corrected chi connectivity index (χ0v) is 9.82. The molecule has 4 heteroatoms. The van der Waals surface area contributed by atoms with Gasteiger partial charge in [0.15, 0.2) is 0 Å². The predicted octanol–water partition coefficient (Wildman–Crippen LogP) is 0.892. The van der Waals surface area contributed by atoms with E-state index in [2.05, 4.69) is 4.74 Å². The first kappa shape index (κ1) is 11.8. The zero-order chi connectivity index (χ0) is 12.6. The van der Waals surface area contributed by atoms with Crippen LogP contribution in [0, 0.1) is 0 Å². The molecule has 17 heavy (non-hydrogen) atoms. The number of methoxy groups -OCH3 is 1. The van der Waals surface area contributed by atoms with Gasteiger partial charge in [-0.3, -0.25) is 4.79 Å². The lowest BCUT2D eigenvalue weighted by Crippen LogP contribution is -2.45. The van der Waals surface area contributed by atoms with Gasteiger partial charge in [-0.15, -0.1) is 0 Å². The van der Waals surface area contributed by atoms with Crippen molar-refractivity contribution in [2.75, 3.05) is 7.11 Å². The fourth-order valence-electron chi connectivity index (χ4n) is 2.15. The van der Waals surface area contributed by atoms with E-state index in [1.165, 1.54) is 0 Å². The molecule has 4 nitrogen and oxygen atoms in total. The molecule has 0 amide bonds. The summed E-state index contributed by atoms with van der Waals surface area (Å²) < 4.78 is 4.49. The van der Waals surface area contributed by atoms with E-state index >= 15 is 0 Å². The highest BCUT2D eigenvalue weighted by molar-refractivity contribution is 6.18. The average molecular weight is 234 g/mol. The summed E-state index contributed by atoms with van der Waals surface area (Å²) in [7, 11) is 1.16. The van der Waals surface area contributed by atoms with Crippen molar-refractivity contribution in [2.45, 2.75) is 25.4 Å². The Labute approximate surface area is 99.2 Å². The third-order valence-electron chi connectivity index (χ3n) is 3.17. The minimum atomic E-state index is -2.04. The fourth-order valence-corrected chi connectivity index (χ4v) is 2.15. The molecule has 0 saturated heterocycles. The van der Waals surface area contributed by atoms with Crippen molar-refractivity contribution in [3.8, 4) is 0 Å². The summed E-state index contributed by atoms with van der Waals surface area (Å²) in [6.45, 7) is 2.00. The van der Waals surface area contributed by atoms with Crippen molar-refractivity contribution in [1.82, 2.24) is 0 Å². The summed E-state index contributed by atoms with van der Waals surface area (Å²) in [5, 5.41) is 10.1. The normalized spacial score (nSPS) is 22.4. The number of ketones is 1. The van der Waals surface area contributed by atoms with Crippen molar-refractivity contribution in [2.24, 2.45) is 0 Å². The summed E-state index contributed by atoms with van der Waals surface area (Å²) in [5.74, 6) is -1.46. The molecule has 1 aliphatic carbocycles. The van der Waals surface area contributed by atoms with Crippen molar-refractivity contribution in [3.63, 3.8) is 0 Å². The Kier molecular flexibility index (Phi) is 2.75. The Morgan fingerprint density at radius 2 is 2.24 bits per heavy atom. The second-order valence-electron chi connectivity index (χ2n) is 4.20. The van der Waals surface area contributed by atoms with Crippen LogP contribution in [-0.4, -0.2) is 29.6 Å². The summed E-state index contributed by atoms with van der Waals surface area (Å²) in [6.07, 6.45) is 0.847. The van der Waals surface area contributed by atoms with Gasteiger partial charge in [-0.2, -0.15) is 0 Å². The third kappa shape index (κ3) is 1.65. The molecule has 0 spiro atoms. The van der Waals surface area contributed by atoms with Gasteiger partial charge in [0, 0.05) is 12.0 Å². The Bertz CT molecular complexity index is 492. The maximum absolute atomic E-state index is 12.0. The molecule has 0 radical (unpaired) electrons. The Morgan fingerprint density at radius 3 is 2.82 bits per heavy atom. The molecule has 0 saturated carbocycles. The van der Waals surface area contributed by atoms with Gasteiger partial charge in [0.2, 0.25) is 11.4 Å². The van der Waals surface area contributed by atoms with Crippen LogP contribution in [0.4, 0.5) is 0 Å². The lowest BCUT2D eigenvalue weighted by atomic mass is 10.00. The van der Waals surface area contributed by atoms with Gasteiger partial charge in [-0.25, -0.2) is 4.79 Å². The number of carbonyl (C=O) groups is 2. The highest BCUT2D eigenvalue weighted by atomic mass is 16.5. The molecule has 1 aliphatic rings. The number of hydrogen-bond acceptors (Lipinski definition) is 4. The molecule has 0 fully saturated rings. The molecule has 1 unspecified atom stereocenters. The van der Waals surface area contributed by atoms with Crippen LogP contribution in [0.25, 0.3) is 0 Å². The monoisotopic (exact) mass is 234 g/mol. The number of aliphatic hydroxyl groups is 1. The van der Waals surface area contributed by atoms with Gasteiger partial charge < -0.3 is 9.84 Å². The van der Waals surface area contributed by atoms with Gasteiger partial charge in [0.05, 0.1) is 7.11 Å². The van der Waals surface area contributed by atoms with Gasteiger partial charge in [0.1, 0.15) is 0 Å². The molecule has 90 valence electrons. The van der Waals surface area contributed by atoms with Gasteiger partial charge in [-0.05, 0) is 17.5 Å². The number of hydrogen-bond donors (Lipinski definition) is 1. The van der Waals surface area contributed by atoms with E-state index in [0.717, 1.165) is 19.1 Å². The van der Waals surface area contributed by atoms with Crippen molar-refractivity contribution in [1.29, 1.82) is 0 Å². The topological polar surface area (TPSA) is 63.6 Å². The molecule has 0 heterocycles. The molecule has 2 rings (SSSR count). The van der Waals surface area contributed by atoms with Gasteiger partial charge in [0.25, 0.3) is 0 Å². The van der Waals surface area contributed by atoms with Crippen LogP contribution in [0.1, 0.15) is 28.4 Å². The quantitative estimate of drug-likeness (QED) is 0.609. The predicted molar refractivity (Wildman–Crippen MR) is 60.8 cm³/mol. The molecular formula is C13H14O4. The van der Waals surface area contributed by atoms with Crippen LogP contribution in [0.2, 0.25) is 0 Å². The summed E-state index contributed by atoms with van der Waals surface area (Å²) >= 11 is 0. The zero-order valence-electron chi connectivity index (χ0n) is 9.82. The Balaban J connectivity index is 2.45. The molecule has 0 aliphatic heterocycles. The van der Waals surface area contributed by atoms with Gasteiger partial charge in [-0.1, -0.05) is 25.1 Å². The van der Waals surface area contributed by atoms with E-state index in [-0.39, 0.29) is 6.42 Å². The number of rotatable bonds is 2. The highest BCUT2D eigenvalue weighted by Crippen LogP contribution is 2.31. The first-order valence-corrected chi connectivity index (χ1v) is 5.50. The van der Waals surface area contributed by atoms with E-state index in [0.29, 0.717) is 11.1 Å². The number of benzene rings is 1. The van der Waals surface area contributed by atoms with E-state index < -0.39 is 17.4 Å². The molecular weight excluding hydrogens is 220 g/mol. The number of esters is 1. The largest absolute Gasteiger partial charge is 0.467 e. The number of fused-ring (bicyclic) bond motifs is 1. The molecule has 1 atom stereocenters. The maximum Gasteiger partial charge on any atom is 0.346 e. The first-order valence-electron chi connectivity index (χ1n) is 5.50. The summed E-state index contributed by atoms with van der Waals surface area (Å²) in [5.41, 5.74) is 0.159. The maximum atomic E-state index is 12.0. The highest BCUT2D eigenvalue weighted by Gasteiger charge is 2.51. The average Bonchev–Trinajstić information content (AvgIpc) is 2.61. The van der Waals surface area contributed by atoms with Crippen LogP contribution < -0.4 is 0 Å². The third-order valence-corrected chi connectivity index (χ3v) is 3.17. The smallest absolute Gasteiger partial charge is 0.346 e. The van der Waals surface area contributed by atoms with Crippen LogP contribution in [-0.2, 0) is 22.4 Å². The standard InChI is InChI=1S/C13H14O4/c1-3-8-4-5-10-9(6-8)7-13(16,11(10)14)12(15)17-2/h4-6,16H,3,7H2,1-2H3. The van der Waals surface area contributed by atoms with E-state index in [1.807, 2.05) is 19.1 Å². The van der Waals surface area contributed by atoms with Crippen LogP contribution in [0.3, 0.4) is 0 Å². The second-order valence-corrected chi connectivity index (χ2v) is 4.20. The van der Waals surface area contributed by atoms with E-state index in [9.17, 15) is 14.7 Å². The molecule has 1 N–H and O–H groups in total. The van der Waals surface area contributed by atoms with Crippen molar-refractivity contribution < 1.29 is 19.4 Å². The molecule has 1 aromatic rings.